The van der Waals surface area contributed by atoms with Crippen molar-refractivity contribution < 1.29 is 4.79 Å². The summed E-state index contributed by atoms with van der Waals surface area (Å²) >= 11 is 6.10. The molecule has 0 unspecified atom stereocenters. The van der Waals surface area contributed by atoms with Crippen LogP contribution in [0.1, 0.15) is 22.3 Å². The third-order valence-electron chi connectivity index (χ3n) is 4.71. The number of benzene rings is 3. The molecule has 3 nitrogen and oxygen atoms in total. The van der Waals surface area contributed by atoms with E-state index < -0.39 is 0 Å². The fraction of sp³-hybridized carbons (Fsp3) is 0.0833. The van der Waals surface area contributed by atoms with E-state index in [-0.39, 0.29) is 5.91 Å². The van der Waals surface area contributed by atoms with Gasteiger partial charge in [0, 0.05) is 10.6 Å². The maximum absolute atomic E-state index is 13.4. The molecule has 0 atom stereocenters. The average Bonchev–Trinajstić information content (AvgIpc) is 2.99. The van der Waals surface area contributed by atoms with Crippen LogP contribution < -0.4 is 4.90 Å². The van der Waals surface area contributed by atoms with Gasteiger partial charge in [-0.25, -0.2) is 4.99 Å². The number of hydrogen-bond donors (Lipinski definition) is 0. The number of aryl methyl sites for hydroxylation is 2. The molecule has 1 aliphatic heterocycles. The standard InChI is InChI=1S/C24H19ClN2O/c1-16-8-6-9-17(2)22(16)27-23(19-11-4-3-5-12-19)26-21(24(27)28)15-18-10-7-13-20(25)14-18/h3-15H,1-2H3. The number of para-hydroxylation sites is 1. The summed E-state index contributed by atoms with van der Waals surface area (Å²) in [5.41, 5.74) is 5.07. The molecule has 0 radical (unpaired) electrons. The number of rotatable bonds is 3. The van der Waals surface area contributed by atoms with Gasteiger partial charge in [-0.1, -0.05) is 72.3 Å². The van der Waals surface area contributed by atoms with Crippen LogP contribution in [0.5, 0.6) is 0 Å². The molecule has 28 heavy (non-hydrogen) atoms. The number of amidine groups is 1. The SMILES string of the molecule is Cc1cccc(C)c1N1C(=O)C(=Cc2cccc(Cl)c2)N=C1c1ccccc1. The van der Waals surface area contributed by atoms with Gasteiger partial charge in [-0.05, 0) is 48.7 Å². The van der Waals surface area contributed by atoms with Gasteiger partial charge in [0.05, 0.1) is 5.69 Å². The molecule has 0 saturated heterocycles. The lowest BCUT2D eigenvalue weighted by atomic mass is 10.1. The number of nitrogens with zero attached hydrogens (tertiary/aromatic N) is 2. The summed E-state index contributed by atoms with van der Waals surface area (Å²) in [6.45, 7) is 4.02. The molecule has 0 bridgehead atoms. The van der Waals surface area contributed by atoms with Crippen molar-refractivity contribution in [2.45, 2.75) is 13.8 Å². The second-order valence-electron chi connectivity index (χ2n) is 6.77. The summed E-state index contributed by atoms with van der Waals surface area (Å²) in [6, 6.07) is 23.2. The van der Waals surface area contributed by atoms with Crippen LogP contribution in [-0.4, -0.2) is 11.7 Å². The van der Waals surface area contributed by atoms with Crippen molar-refractivity contribution in [2.24, 2.45) is 4.99 Å². The Kier molecular flexibility index (Phi) is 4.84. The third-order valence-corrected chi connectivity index (χ3v) is 4.94. The average molecular weight is 387 g/mol. The molecular formula is C24H19ClN2O. The van der Waals surface area contributed by atoms with Gasteiger partial charge in [0.25, 0.3) is 5.91 Å². The Morgan fingerprint density at radius 3 is 2.25 bits per heavy atom. The minimum atomic E-state index is -0.142. The van der Waals surface area contributed by atoms with Crippen LogP contribution in [-0.2, 0) is 4.79 Å². The predicted molar refractivity (Wildman–Crippen MR) is 116 cm³/mol. The minimum absolute atomic E-state index is 0.142. The number of carbonyl (C=O) groups excluding carboxylic acids is 1. The van der Waals surface area contributed by atoms with Crippen molar-refractivity contribution in [2.75, 3.05) is 4.90 Å². The Balaban J connectivity index is 1.88. The quantitative estimate of drug-likeness (QED) is 0.524. The van der Waals surface area contributed by atoms with Gasteiger partial charge < -0.3 is 0 Å². The van der Waals surface area contributed by atoms with Gasteiger partial charge >= 0.3 is 0 Å². The first-order valence-corrected chi connectivity index (χ1v) is 9.44. The van der Waals surface area contributed by atoms with Gasteiger partial charge in [0.1, 0.15) is 11.5 Å². The van der Waals surface area contributed by atoms with E-state index in [1.165, 1.54) is 0 Å². The van der Waals surface area contributed by atoms with E-state index in [1.807, 2.05) is 86.6 Å². The summed E-state index contributed by atoms with van der Waals surface area (Å²) in [4.78, 5) is 19.8. The Morgan fingerprint density at radius 2 is 1.57 bits per heavy atom. The molecule has 0 saturated carbocycles. The maximum Gasteiger partial charge on any atom is 0.282 e. The largest absolute Gasteiger partial charge is 0.282 e. The molecule has 0 aromatic heterocycles. The van der Waals surface area contributed by atoms with Crippen molar-refractivity contribution in [3.05, 3.63) is 106 Å². The van der Waals surface area contributed by atoms with Crippen LogP contribution in [0.25, 0.3) is 6.08 Å². The van der Waals surface area contributed by atoms with Crippen molar-refractivity contribution in [1.29, 1.82) is 0 Å². The smallest absolute Gasteiger partial charge is 0.266 e. The summed E-state index contributed by atoms with van der Waals surface area (Å²) in [5.74, 6) is 0.493. The zero-order valence-electron chi connectivity index (χ0n) is 15.7. The minimum Gasteiger partial charge on any atom is -0.266 e. The molecule has 1 heterocycles. The highest BCUT2D eigenvalue weighted by Gasteiger charge is 2.34. The van der Waals surface area contributed by atoms with Crippen LogP contribution in [0.2, 0.25) is 5.02 Å². The van der Waals surface area contributed by atoms with Gasteiger partial charge in [0.2, 0.25) is 0 Å². The molecule has 4 heteroatoms. The number of hydrogen-bond acceptors (Lipinski definition) is 2. The Labute approximate surface area is 169 Å². The van der Waals surface area contributed by atoms with Crippen molar-refractivity contribution in [3.63, 3.8) is 0 Å². The molecule has 138 valence electrons. The zero-order valence-corrected chi connectivity index (χ0v) is 16.4. The first-order valence-electron chi connectivity index (χ1n) is 9.06. The number of anilines is 1. The number of halogens is 1. The highest BCUT2D eigenvalue weighted by molar-refractivity contribution is 6.34. The lowest BCUT2D eigenvalue weighted by Crippen LogP contribution is -2.33. The molecular weight excluding hydrogens is 368 g/mol. The highest BCUT2D eigenvalue weighted by Crippen LogP contribution is 2.32. The van der Waals surface area contributed by atoms with Crippen LogP contribution >= 0.6 is 11.6 Å². The lowest BCUT2D eigenvalue weighted by Gasteiger charge is -2.22. The topological polar surface area (TPSA) is 32.7 Å². The van der Waals surface area contributed by atoms with E-state index in [9.17, 15) is 4.79 Å². The monoisotopic (exact) mass is 386 g/mol. The van der Waals surface area contributed by atoms with Crippen LogP contribution in [0, 0.1) is 13.8 Å². The number of amides is 1. The summed E-state index contributed by atoms with van der Waals surface area (Å²) < 4.78 is 0. The van der Waals surface area contributed by atoms with Gasteiger partial charge in [0.15, 0.2) is 0 Å². The van der Waals surface area contributed by atoms with Crippen LogP contribution in [0.3, 0.4) is 0 Å². The fourth-order valence-corrected chi connectivity index (χ4v) is 3.62. The van der Waals surface area contributed by atoms with E-state index in [2.05, 4.69) is 0 Å². The molecule has 0 spiro atoms. The normalized spacial score (nSPS) is 15.2. The van der Waals surface area contributed by atoms with Crippen molar-refractivity contribution in [1.82, 2.24) is 0 Å². The third kappa shape index (κ3) is 3.37. The molecule has 0 N–H and O–H groups in total. The summed E-state index contributed by atoms with van der Waals surface area (Å²) in [6.07, 6.45) is 1.78. The number of carbonyl (C=O) groups is 1. The fourth-order valence-electron chi connectivity index (χ4n) is 3.42. The zero-order chi connectivity index (χ0) is 19.7. The van der Waals surface area contributed by atoms with Crippen molar-refractivity contribution in [3.8, 4) is 0 Å². The number of aliphatic imine (C=N–C) groups is 1. The predicted octanol–water partition coefficient (Wildman–Crippen LogP) is 5.79. The van der Waals surface area contributed by atoms with E-state index in [1.54, 1.807) is 11.0 Å². The Morgan fingerprint density at radius 1 is 0.893 bits per heavy atom. The van der Waals surface area contributed by atoms with Crippen LogP contribution in [0.4, 0.5) is 5.69 Å². The van der Waals surface area contributed by atoms with E-state index in [4.69, 9.17) is 16.6 Å². The molecule has 0 aliphatic carbocycles. The second-order valence-corrected chi connectivity index (χ2v) is 7.20. The van der Waals surface area contributed by atoms with Crippen molar-refractivity contribution >= 4 is 35.1 Å². The van der Waals surface area contributed by atoms with Crippen LogP contribution in [0.15, 0.2) is 83.5 Å². The first-order chi connectivity index (χ1) is 13.5. The molecule has 1 aliphatic rings. The van der Waals surface area contributed by atoms with E-state index in [0.29, 0.717) is 16.6 Å². The molecule has 3 aromatic rings. The Hall–Kier alpha value is -3.17. The maximum atomic E-state index is 13.4. The summed E-state index contributed by atoms with van der Waals surface area (Å²) in [5, 5.41) is 0.624. The highest BCUT2D eigenvalue weighted by atomic mass is 35.5. The van der Waals surface area contributed by atoms with Gasteiger partial charge in [-0.2, -0.15) is 0 Å². The lowest BCUT2D eigenvalue weighted by molar-refractivity contribution is -0.113. The molecule has 1 amide bonds. The molecule has 3 aromatic carbocycles. The van der Waals surface area contributed by atoms with E-state index >= 15 is 0 Å². The van der Waals surface area contributed by atoms with Gasteiger partial charge in [-0.15, -0.1) is 0 Å². The molecule has 0 fully saturated rings. The van der Waals surface area contributed by atoms with E-state index in [0.717, 1.165) is 27.9 Å². The second kappa shape index (κ2) is 7.45. The first kappa shape index (κ1) is 18.2. The molecule has 4 rings (SSSR count). The van der Waals surface area contributed by atoms with Gasteiger partial charge in [-0.3, -0.25) is 9.69 Å². The summed E-state index contributed by atoms with van der Waals surface area (Å²) in [7, 11) is 0. The Bertz CT molecular complexity index is 1100.